The molecule has 1 saturated heterocycles. The fourth-order valence-electron chi connectivity index (χ4n) is 6.98. The van der Waals surface area contributed by atoms with Crippen LogP contribution in [0, 0.1) is 5.82 Å². The number of nitrogens with zero attached hydrogens (tertiary/aromatic N) is 8. The predicted molar refractivity (Wildman–Crippen MR) is 214 cm³/mol. The van der Waals surface area contributed by atoms with Crippen molar-refractivity contribution in [1.82, 2.24) is 30.2 Å². The third-order valence-electron chi connectivity index (χ3n) is 10.1. The number of ether oxygens (including phenoxy) is 3. The van der Waals surface area contributed by atoms with E-state index >= 15 is 4.39 Å². The minimum atomic E-state index is -0.519. The zero-order chi connectivity index (χ0) is 39.1. The Bertz CT molecular complexity index is 2260. The monoisotopic (exact) mass is 767 g/mol. The molecule has 0 saturated carbocycles. The zero-order valence-corrected chi connectivity index (χ0v) is 31.8. The Morgan fingerprint density at radius 3 is 2.09 bits per heavy atom. The average molecular weight is 768 g/mol. The molecule has 3 aromatic carbocycles. The van der Waals surface area contributed by atoms with Crippen LogP contribution in [0.2, 0.25) is 0 Å². The summed E-state index contributed by atoms with van der Waals surface area (Å²) < 4.78 is 32.3. The number of carbonyl (C=O) groups excluding carboxylic acids is 1. The van der Waals surface area contributed by atoms with Crippen LogP contribution in [0.5, 0.6) is 11.5 Å². The highest BCUT2D eigenvalue weighted by Crippen LogP contribution is 2.40. The van der Waals surface area contributed by atoms with Gasteiger partial charge in [-0.25, -0.2) is 19.3 Å². The van der Waals surface area contributed by atoms with E-state index < -0.39 is 5.82 Å². The van der Waals surface area contributed by atoms with E-state index in [1.807, 2.05) is 65.6 Å². The van der Waals surface area contributed by atoms with Gasteiger partial charge in [0.2, 0.25) is 11.9 Å². The normalized spacial score (nSPS) is 13.6. The molecule has 1 amide bonds. The minimum absolute atomic E-state index is 0.229. The number of carbonyl (C=O) groups is 1. The maximum atomic E-state index is 16.0. The molecule has 13 nitrogen and oxygen atoms in total. The fourth-order valence-corrected chi connectivity index (χ4v) is 6.98. The quantitative estimate of drug-likeness (QED) is 0.145. The van der Waals surface area contributed by atoms with Crippen molar-refractivity contribution in [2.45, 2.75) is 26.1 Å². The van der Waals surface area contributed by atoms with Crippen molar-refractivity contribution < 1.29 is 23.4 Å². The Kier molecular flexibility index (Phi) is 11.1. The number of pyridine rings is 1. The Labute approximate surface area is 330 Å². The van der Waals surface area contributed by atoms with Gasteiger partial charge in [-0.05, 0) is 77.7 Å². The third-order valence-corrected chi connectivity index (χ3v) is 10.1. The first-order valence-electron chi connectivity index (χ1n) is 18.8. The first-order chi connectivity index (χ1) is 27.9. The molecule has 0 radical (unpaired) electrons. The molecule has 3 aromatic heterocycles. The van der Waals surface area contributed by atoms with Gasteiger partial charge in [-0.1, -0.05) is 24.3 Å². The first kappa shape index (κ1) is 37.3. The largest absolute Gasteiger partial charge is 0.497 e. The second-order valence-electron chi connectivity index (χ2n) is 13.7. The van der Waals surface area contributed by atoms with Crippen molar-refractivity contribution in [3.63, 3.8) is 0 Å². The minimum Gasteiger partial charge on any atom is -0.497 e. The molecule has 57 heavy (non-hydrogen) atoms. The summed E-state index contributed by atoms with van der Waals surface area (Å²) in [6, 6.07) is 24.1. The zero-order valence-electron chi connectivity index (χ0n) is 31.8. The lowest BCUT2D eigenvalue weighted by atomic mass is 10.1. The summed E-state index contributed by atoms with van der Waals surface area (Å²) in [7, 11) is 3.30. The molecule has 2 aliphatic rings. The van der Waals surface area contributed by atoms with Crippen molar-refractivity contribution in [3.05, 3.63) is 137 Å². The molecule has 8 rings (SSSR count). The number of aromatic nitrogens is 5. The summed E-state index contributed by atoms with van der Waals surface area (Å²) in [5.74, 6) is 2.37. The van der Waals surface area contributed by atoms with Crippen molar-refractivity contribution in [2.75, 3.05) is 61.8 Å². The molecule has 0 bridgehead atoms. The molecule has 0 spiro atoms. The van der Waals surface area contributed by atoms with E-state index in [-0.39, 0.29) is 11.5 Å². The van der Waals surface area contributed by atoms with Crippen LogP contribution in [0.25, 0.3) is 11.3 Å². The van der Waals surface area contributed by atoms with Crippen LogP contribution >= 0.6 is 0 Å². The molecule has 0 unspecified atom stereocenters. The second kappa shape index (κ2) is 17.0. The number of hydrogen-bond acceptors (Lipinski definition) is 12. The number of morpholine rings is 1. The highest BCUT2D eigenvalue weighted by molar-refractivity contribution is 5.94. The number of fused-ring (bicyclic) bond motifs is 1. The number of benzene rings is 3. The molecule has 5 heterocycles. The van der Waals surface area contributed by atoms with E-state index in [4.69, 9.17) is 34.1 Å². The predicted octanol–water partition coefficient (Wildman–Crippen LogP) is 6.15. The van der Waals surface area contributed by atoms with Gasteiger partial charge in [-0.15, -0.1) is 0 Å². The van der Waals surface area contributed by atoms with E-state index in [9.17, 15) is 4.79 Å². The highest BCUT2D eigenvalue weighted by Gasteiger charge is 2.31. The maximum Gasteiger partial charge on any atom is 0.251 e. The van der Waals surface area contributed by atoms with Crippen molar-refractivity contribution in [3.8, 4) is 22.8 Å². The summed E-state index contributed by atoms with van der Waals surface area (Å²) in [6.07, 6.45) is 7.49. The topological polar surface area (TPSA) is 131 Å². The van der Waals surface area contributed by atoms with Gasteiger partial charge in [0.25, 0.3) is 5.91 Å². The van der Waals surface area contributed by atoms with Gasteiger partial charge >= 0.3 is 0 Å². The highest BCUT2D eigenvalue weighted by atomic mass is 19.1. The van der Waals surface area contributed by atoms with E-state index in [0.717, 1.165) is 39.3 Å². The van der Waals surface area contributed by atoms with Crippen LogP contribution in [-0.2, 0) is 30.8 Å². The third kappa shape index (κ3) is 8.45. The molecule has 1 fully saturated rings. The molecule has 6 aromatic rings. The molecular formula is C43H42FN9O4. The van der Waals surface area contributed by atoms with Crippen LogP contribution < -0.4 is 29.5 Å². The SMILES string of the molecule is COc1ccc(CN(Cc2ccc(OC)cc2)c2ncc(-c3nc(N4CCOCC4)nc4c3CCN4c3ccc(C(=O)NCc4ccncc4)cc3F)cn2)cc1. The van der Waals surface area contributed by atoms with Crippen LogP contribution in [0.3, 0.4) is 0 Å². The number of methoxy groups -OCH3 is 2. The van der Waals surface area contributed by atoms with Gasteiger partial charge in [-0.2, -0.15) is 4.98 Å². The van der Waals surface area contributed by atoms with Crippen molar-refractivity contribution >= 4 is 29.3 Å². The molecule has 290 valence electrons. The van der Waals surface area contributed by atoms with Crippen LogP contribution in [0.4, 0.5) is 27.8 Å². The number of nitrogens with one attached hydrogen (secondary N) is 1. The Morgan fingerprint density at radius 2 is 1.47 bits per heavy atom. The summed E-state index contributed by atoms with van der Waals surface area (Å²) in [5.41, 5.74) is 5.90. The Morgan fingerprint density at radius 1 is 0.825 bits per heavy atom. The number of halogens is 1. The molecule has 0 aliphatic carbocycles. The first-order valence-corrected chi connectivity index (χ1v) is 18.8. The summed E-state index contributed by atoms with van der Waals surface area (Å²) >= 11 is 0. The van der Waals surface area contributed by atoms with Gasteiger partial charge in [0.1, 0.15) is 23.1 Å². The van der Waals surface area contributed by atoms with Crippen molar-refractivity contribution in [1.29, 1.82) is 0 Å². The lowest BCUT2D eigenvalue weighted by Crippen LogP contribution is -2.37. The molecule has 2 aliphatic heterocycles. The number of rotatable bonds is 13. The van der Waals surface area contributed by atoms with E-state index in [0.29, 0.717) is 88.0 Å². The lowest BCUT2D eigenvalue weighted by molar-refractivity contribution is 0.0950. The van der Waals surface area contributed by atoms with Crippen LogP contribution in [0.1, 0.15) is 32.6 Å². The van der Waals surface area contributed by atoms with Gasteiger partial charge in [0.05, 0.1) is 38.8 Å². The average Bonchev–Trinajstić information content (AvgIpc) is 3.70. The van der Waals surface area contributed by atoms with Crippen LogP contribution in [0.15, 0.2) is 104 Å². The number of amides is 1. The Balaban J connectivity index is 1.09. The summed E-state index contributed by atoms with van der Waals surface area (Å²) in [5, 5.41) is 2.85. The van der Waals surface area contributed by atoms with Gasteiger partial charge in [-0.3, -0.25) is 9.78 Å². The molecular weight excluding hydrogens is 726 g/mol. The van der Waals surface area contributed by atoms with Gasteiger partial charge in [0.15, 0.2) is 0 Å². The fraction of sp³-hybridized carbons (Fsp3) is 0.256. The Hall–Kier alpha value is -6.67. The van der Waals surface area contributed by atoms with Gasteiger partial charge < -0.3 is 34.2 Å². The van der Waals surface area contributed by atoms with E-state index in [1.165, 1.54) is 6.07 Å². The number of anilines is 4. The smallest absolute Gasteiger partial charge is 0.251 e. The second-order valence-corrected chi connectivity index (χ2v) is 13.7. The lowest BCUT2D eigenvalue weighted by Gasteiger charge is -2.28. The number of hydrogen-bond donors (Lipinski definition) is 1. The molecule has 1 N–H and O–H groups in total. The van der Waals surface area contributed by atoms with Crippen molar-refractivity contribution in [2.24, 2.45) is 0 Å². The molecule has 0 atom stereocenters. The maximum absolute atomic E-state index is 16.0. The summed E-state index contributed by atoms with van der Waals surface area (Å²) in [6.45, 7) is 4.25. The summed E-state index contributed by atoms with van der Waals surface area (Å²) in [4.78, 5) is 42.9. The van der Waals surface area contributed by atoms with Gasteiger partial charge in [0, 0.05) is 80.7 Å². The van der Waals surface area contributed by atoms with Crippen LogP contribution in [-0.4, -0.2) is 77.9 Å². The standard InChI is InChI=1S/C43H42FN9O4/c1-55-34-8-3-30(4-9-34)27-52(28-31-5-10-35(56-2)11-6-31)42-47-25-33(26-48-42)39-36-15-18-53(40(36)50-43(49-39)51-19-21-57-22-20-51)38-12-7-32(23-37(38)44)41(54)46-24-29-13-16-45-17-14-29/h3-14,16-17,23,25-26H,15,18-22,24,27-28H2,1-2H3,(H,46,54). The van der Waals surface area contributed by atoms with E-state index in [1.54, 1.807) is 51.1 Å². The van der Waals surface area contributed by atoms with E-state index in [2.05, 4.69) is 20.1 Å². The molecule has 14 heteroatoms.